The summed E-state index contributed by atoms with van der Waals surface area (Å²) in [5.41, 5.74) is 0.521. The highest BCUT2D eigenvalue weighted by molar-refractivity contribution is 5.73. The summed E-state index contributed by atoms with van der Waals surface area (Å²) in [5, 5.41) is 12.3. The first-order chi connectivity index (χ1) is 11.7. The van der Waals surface area contributed by atoms with Crippen LogP contribution >= 0.6 is 0 Å². The van der Waals surface area contributed by atoms with Crippen molar-refractivity contribution in [1.29, 1.82) is 0 Å². The van der Waals surface area contributed by atoms with Gasteiger partial charge in [-0.25, -0.2) is 4.79 Å². The molecule has 2 atom stereocenters. The number of nitrogens with one attached hydrogen (secondary N) is 1. The minimum absolute atomic E-state index is 0.211. The maximum Gasteiger partial charge on any atom is 0.407 e. The lowest BCUT2D eigenvalue weighted by Gasteiger charge is -2.29. The minimum Gasteiger partial charge on any atom is -0.480 e. The third-order valence-electron chi connectivity index (χ3n) is 4.15. The number of hydrogen-bond acceptors (Lipinski definition) is 4. The van der Waals surface area contributed by atoms with Crippen LogP contribution in [0.25, 0.3) is 0 Å². The first-order valence-corrected chi connectivity index (χ1v) is 8.75. The van der Waals surface area contributed by atoms with E-state index in [2.05, 4.69) is 5.32 Å². The molecule has 1 aromatic rings. The standard InChI is InChI=1S/C19H28N2O4/c1-19(2,3)25-18(24)20-15(12-14-8-5-4-6-9-14)13-21-11-7-10-16(21)17(22)23/h4-6,8-9,15-16H,7,10-13H2,1-3H3,(H,20,24)(H,22,23)/t15?,16-/m0/s1. The predicted octanol–water partition coefficient (Wildman–Crippen LogP) is 2.67. The maximum absolute atomic E-state index is 12.2. The van der Waals surface area contributed by atoms with Crippen LogP contribution < -0.4 is 5.32 Å². The van der Waals surface area contributed by atoms with E-state index in [1.165, 1.54) is 0 Å². The maximum atomic E-state index is 12.2. The van der Waals surface area contributed by atoms with Gasteiger partial charge in [0.05, 0.1) is 0 Å². The zero-order chi connectivity index (χ0) is 18.4. The molecule has 0 aromatic heterocycles. The van der Waals surface area contributed by atoms with Gasteiger partial charge in [0.1, 0.15) is 11.6 Å². The average molecular weight is 348 g/mol. The molecule has 6 nitrogen and oxygen atoms in total. The number of alkyl carbamates (subject to hydrolysis) is 1. The molecule has 0 spiro atoms. The molecule has 2 rings (SSSR count). The van der Waals surface area contributed by atoms with Crippen LogP contribution in [-0.2, 0) is 16.0 Å². The van der Waals surface area contributed by atoms with E-state index in [-0.39, 0.29) is 6.04 Å². The van der Waals surface area contributed by atoms with Gasteiger partial charge in [-0.2, -0.15) is 0 Å². The lowest BCUT2D eigenvalue weighted by Crippen LogP contribution is -2.49. The quantitative estimate of drug-likeness (QED) is 0.826. The van der Waals surface area contributed by atoms with Gasteiger partial charge >= 0.3 is 12.1 Å². The summed E-state index contributed by atoms with van der Waals surface area (Å²) in [6.45, 7) is 6.68. The van der Waals surface area contributed by atoms with Crippen LogP contribution in [-0.4, -0.2) is 52.8 Å². The van der Waals surface area contributed by atoms with Crippen LogP contribution in [0.5, 0.6) is 0 Å². The Bertz CT molecular complexity index is 583. The van der Waals surface area contributed by atoms with E-state index in [0.29, 0.717) is 19.4 Å². The number of hydrogen-bond donors (Lipinski definition) is 2. The molecule has 0 bridgehead atoms. The summed E-state index contributed by atoms with van der Waals surface area (Å²) in [5.74, 6) is -0.798. The molecule has 2 N–H and O–H groups in total. The summed E-state index contributed by atoms with van der Waals surface area (Å²) >= 11 is 0. The first-order valence-electron chi connectivity index (χ1n) is 8.75. The topological polar surface area (TPSA) is 78.9 Å². The molecule has 138 valence electrons. The van der Waals surface area contributed by atoms with E-state index in [9.17, 15) is 14.7 Å². The number of aliphatic carboxylic acids is 1. The molecule has 0 radical (unpaired) electrons. The molecule has 0 aliphatic carbocycles. The third-order valence-corrected chi connectivity index (χ3v) is 4.15. The first kappa shape index (κ1) is 19.2. The smallest absolute Gasteiger partial charge is 0.407 e. The largest absolute Gasteiger partial charge is 0.480 e. The summed E-state index contributed by atoms with van der Waals surface area (Å²) in [7, 11) is 0. The van der Waals surface area contributed by atoms with Crippen LogP contribution in [0.2, 0.25) is 0 Å². The zero-order valence-electron chi connectivity index (χ0n) is 15.2. The summed E-state index contributed by atoms with van der Waals surface area (Å²) in [6, 6.07) is 9.17. The fraction of sp³-hybridized carbons (Fsp3) is 0.579. The van der Waals surface area contributed by atoms with Gasteiger partial charge in [0.2, 0.25) is 0 Å². The van der Waals surface area contributed by atoms with Crippen LogP contribution in [0.3, 0.4) is 0 Å². The van der Waals surface area contributed by atoms with E-state index < -0.39 is 23.7 Å². The van der Waals surface area contributed by atoms with Crippen LogP contribution in [0, 0.1) is 0 Å². The predicted molar refractivity (Wildman–Crippen MR) is 95.5 cm³/mol. The SMILES string of the molecule is CC(C)(C)OC(=O)NC(Cc1ccccc1)CN1CCC[C@H]1C(=O)O. The molecule has 25 heavy (non-hydrogen) atoms. The molecule has 0 saturated carbocycles. The fourth-order valence-electron chi connectivity index (χ4n) is 3.14. The Morgan fingerprint density at radius 3 is 2.60 bits per heavy atom. The number of amides is 1. The number of carbonyl (C=O) groups excluding carboxylic acids is 1. The van der Waals surface area contributed by atoms with Crippen LogP contribution in [0.4, 0.5) is 4.79 Å². The summed E-state index contributed by atoms with van der Waals surface area (Å²) in [6.07, 6.45) is 1.67. The summed E-state index contributed by atoms with van der Waals surface area (Å²) < 4.78 is 5.36. The second-order valence-corrected chi connectivity index (χ2v) is 7.52. The second kappa shape index (κ2) is 8.34. The Labute approximate surface area is 149 Å². The Morgan fingerprint density at radius 2 is 2.00 bits per heavy atom. The van der Waals surface area contributed by atoms with Gasteiger partial charge in [0.15, 0.2) is 0 Å². The highest BCUT2D eigenvalue weighted by atomic mass is 16.6. The van der Waals surface area contributed by atoms with Gasteiger partial charge in [0.25, 0.3) is 0 Å². The molecule has 1 aliphatic heterocycles. The van der Waals surface area contributed by atoms with Gasteiger partial charge in [-0.1, -0.05) is 30.3 Å². The van der Waals surface area contributed by atoms with Crippen molar-refractivity contribution in [2.45, 2.75) is 57.7 Å². The van der Waals surface area contributed by atoms with Gasteiger partial charge in [-0.05, 0) is 52.1 Å². The fourth-order valence-corrected chi connectivity index (χ4v) is 3.14. The van der Waals surface area contributed by atoms with Crippen molar-refractivity contribution in [3.63, 3.8) is 0 Å². The number of ether oxygens (including phenoxy) is 1. The van der Waals surface area contributed by atoms with Gasteiger partial charge in [-0.15, -0.1) is 0 Å². The Morgan fingerprint density at radius 1 is 1.32 bits per heavy atom. The van der Waals surface area contributed by atoms with Crippen molar-refractivity contribution in [1.82, 2.24) is 10.2 Å². The van der Waals surface area contributed by atoms with Crippen molar-refractivity contribution >= 4 is 12.1 Å². The van der Waals surface area contributed by atoms with Gasteiger partial charge < -0.3 is 15.2 Å². The third kappa shape index (κ3) is 6.38. The minimum atomic E-state index is -0.798. The van der Waals surface area contributed by atoms with E-state index in [0.717, 1.165) is 18.5 Å². The van der Waals surface area contributed by atoms with Crippen molar-refractivity contribution in [3.05, 3.63) is 35.9 Å². The van der Waals surface area contributed by atoms with Crippen LogP contribution in [0.15, 0.2) is 30.3 Å². The Balaban J connectivity index is 2.06. The van der Waals surface area contributed by atoms with Crippen LogP contribution in [0.1, 0.15) is 39.2 Å². The second-order valence-electron chi connectivity index (χ2n) is 7.52. The monoisotopic (exact) mass is 348 g/mol. The number of carbonyl (C=O) groups is 2. The molecule has 1 aliphatic rings. The Hall–Kier alpha value is -2.08. The lowest BCUT2D eigenvalue weighted by atomic mass is 10.1. The van der Waals surface area contributed by atoms with Crippen molar-refractivity contribution in [3.8, 4) is 0 Å². The molecule has 1 saturated heterocycles. The molecular formula is C19H28N2O4. The van der Waals surface area contributed by atoms with Crippen molar-refractivity contribution in [2.24, 2.45) is 0 Å². The Kier molecular flexibility index (Phi) is 6.42. The van der Waals surface area contributed by atoms with Gasteiger partial charge in [0, 0.05) is 12.6 Å². The average Bonchev–Trinajstić information content (AvgIpc) is 2.94. The van der Waals surface area contributed by atoms with Crippen molar-refractivity contribution in [2.75, 3.05) is 13.1 Å². The highest BCUT2D eigenvalue weighted by Gasteiger charge is 2.32. The number of nitrogens with zero attached hydrogens (tertiary/aromatic N) is 1. The molecular weight excluding hydrogens is 320 g/mol. The molecule has 1 amide bonds. The molecule has 6 heteroatoms. The molecule has 1 unspecified atom stereocenters. The number of rotatable bonds is 6. The summed E-state index contributed by atoms with van der Waals surface area (Å²) in [4.78, 5) is 25.5. The number of carboxylic acid groups (broad SMARTS) is 1. The van der Waals surface area contributed by atoms with E-state index in [4.69, 9.17) is 4.74 Å². The number of benzene rings is 1. The molecule has 1 heterocycles. The van der Waals surface area contributed by atoms with E-state index in [1.807, 2.05) is 56.0 Å². The zero-order valence-corrected chi connectivity index (χ0v) is 15.2. The molecule has 1 fully saturated rings. The van der Waals surface area contributed by atoms with E-state index >= 15 is 0 Å². The normalized spacial score (nSPS) is 19.4. The highest BCUT2D eigenvalue weighted by Crippen LogP contribution is 2.19. The molecule has 1 aromatic carbocycles. The van der Waals surface area contributed by atoms with Gasteiger partial charge in [-0.3, -0.25) is 9.69 Å². The van der Waals surface area contributed by atoms with Crippen molar-refractivity contribution < 1.29 is 19.4 Å². The lowest BCUT2D eigenvalue weighted by molar-refractivity contribution is -0.142. The number of likely N-dealkylation sites (tertiary alicyclic amines) is 1. The van der Waals surface area contributed by atoms with E-state index in [1.54, 1.807) is 0 Å². The number of carboxylic acids is 1.